The average Bonchev–Trinajstić information content (AvgIpc) is 3.23. The number of carbonyl (C=O) groups excluding carboxylic acids is 2. The van der Waals surface area contributed by atoms with Crippen molar-refractivity contribution in [2.24, 2.45) is 11.8 Å². The van der Waals surface area contributed by atoms with Gasteiger partial charge in [-0.15, -0.1) is 0 Å². The lowest BCUT2D eigenvalue weighted by Crippen LogP contribution is -2.48. The molecule has 9 nitrogen and oxygen atoms in total. The first kappa shape index (κ1) is 20.5. The summed E-state index contributed by atoms with van der Waals surface area (Å²) >= 11 is 0. The molecule has 0 N–H and O–H groups in total. The summed E-state index contributed by atoms with van der Waals surface area (Å²) in [5.41, 5.74) is 0.256. The van der Waals surface area contributed by atoms with E-state index in [0.29, 0.717) is 45.2 Å². The Morgan fingerprint density at radius 2 is 1.63 bits per heavy atom. The zero-order valence-electron chi connectivity index (χ0n) is 17.2. The topological polar surface area (TPSA) is 103 Å². The highest BCUT2D eigenvalue weighted by molar-refractivity contribution is 5.82. The molecule has 160 valence electrons. The molecule has 4 rings (SSSR count). The minimum atomic E-state index is -0.327. The van der Waals surface area contributed by atoms with Crippen LogP contribution in [0.15, 0.2) is 12.4 Å². The summed E-state index contributed by atoms with van der Waals surface area (Å²) < 4.78 is 5.69. The van der Waals surface area contributed by atoms with Gasteiger partial charge >= 0.3 is 0 Å². The van der Waals surface area contributed by atoms with Crippen LogP contribution < -0.4 is 4.90 Å². The van der Waals surface area contributed by atoms with Gasteiger partial charge in [0.05, 0.1) is 19.1 Å². The molecule has 3 aliphatic rings. The Hall–Kier alpha value is -2.73. The third-order valence-electron chi connectivity index (χ3n) is 6.27. The molecule has 3 fully saturated rings. The largest absolute Gasteiger partial charge is 0.379 e. The Labute approximate surface area is 176 Å². The quantitative estimate of drug-likeness (QED) is 0.719. The van der Waals surface area contributed by atoms with Crippen LogP contribution in [0.2, 0.25) is 0 Å². The summed E-state index contributed by atoms with van der Waals surface area (Å²) in [6.07, 6.45) is 6.69. The third-order valence-corrected chi connectivity index (χ3v) is 6.27. The molecule has 0 aliphatic carbocycles. The van der Waals surface area contributed by atoms with E-state index in [-0.39, 0.29) is 29.3 Å². The Morgan fingerprint density at radius 1 is 0.967 bits per heavy atom. The van der Waals surface area contributed by atoms with Crippen LogP contribution >= 0.6 is 0 Å². The van der Waals surface area contributed by atoms with Gasteiger partial charge in [0.1, 0.15) is 6.07 Å². The fourth-order valence-electron chi connectivity index (χ4n) is 4.59. The summed E-state index contributed by atoms with van der Waals surface area (Å²) in [5, 5.41) is 9.33. The zero-order chi connectivity index (χ0) is 20.9. The number of rotatable bonds is 3. The first-order valence-corrected chi connectivity index (χ1v) is 10.8. The van der Waals surface area contributed by atoms with Crippen LogP contribution in [0, 0.1) is 23.2 Å². The van der Waals surface area contributed by atoms with Gasteiger partial charge in [0.2, 0.25) is 11.8 Å². The number of hydrogen-bond donors (Lipinski definition) is 0. The van der Waals surface area contributed by atoms with Gasteiger partial charge in [-0.25, -0.2) is 9.97 Å². The first-order valence-electron chi connectivity index (χ1n) is 10.8. The van der Waals surface area contributed by atoms with E-state index >= 15 is 0 Å². The predicted octanol–water partition coefficient (Wildman–Crippen LogP) is 0.662. The van der Waals surface area contributed by atoms with Gasteiger partial charge in [0, 0.05) is 57.6 Å². The maximum absolute atomic E-state index is 13.2. The minimum absolute atomic E-state index is 0.0341. The van der Waals surface area contributed by atoms with Crippen molar-refractivity contribution in [1.29, 1.82) is 5.26 Å². The summed E-state index contributed by atoms with van der Waals surface area (Å²) in [7, 11) is 0. The van der Waals surface area contributed by atoms with Crippen molar-refractivity contribution in [2.75, 3.05) is 57.4 Å². The Kier molecular flexibility index (Phi) is 6.43. The van der Waals surface area contributed by atoms with Crippen molar-refractivity contribution >= 4 is 17.6 Å². The molecule has 1 aromatic rings. The molecular weight excluding hydrogens is 384 g/mol. The predicted molar refractivity (Wildman–Crippen MR) is 108 cm³/mol. The van der Waals surface area contributed by atoms with Crippen LogP contribution in [-0.4, -0.2) is 84.1 Å². The van der Waals surface area contributed by atoms with Gasteiger partial charge in [0.25, 0.3) is 0 Å². The highest BCUT2D eigenvalue weighted by atomic mass is 16.5. The fourth-order valence-corrected chi connectivity index (χ4v) is 4.59. The summed E-state index contributed by atoms with van der Waals surface area (Å²) in [6.45, 7) is 4.78. The van der Waals surface area contributed by atoms with E-state index in [1.807, 2.05) is 14.7 Å². The molecule has 3 saturated heterocycles. The zero-order valence-corrected chi connectivity index (χ0v) is 17.2. The van der Waals surface area contributed by atoms with E-state index in [2.05, 4.69) is 16.0 Å². The molecule has 0 spiro atoms. The maximum Gasteiger partial charge on any atom is 0.229 e. The lowest BCUT2D eigenvalue weighted by molar-refractivity contribution is -0.142. The molecule has 3 aliphatic heterocycles. The molecule has 9 heteroatoms. The number of ether oxygens (including phenoxy) is 1. The first-order chi connectivity index (χ1) is 14.7. The normalized spacial score (nSPS) is 23.2. The lowest BCUT2D eigenvalue weighted by atomic mass is 9.94. The number of likely N-dealkylation sites (tertiary alicyclic amines) is 2. The SMILES string of the molecule is N#Cc1nccnc1N1CCOCC(C(=O)N2CCC(C(=O)N3CCCC3)CC2)C1. The summed E-state index contributed by atoms with van der Waals surface area (Å²) in [4.78, 5) is 40.0. The number of aromatic nitrogens is 2. The highest BCUT2D eigenvalue weighted by Crippen LogP contribution is 2.25. The molecule has 1 atom stereocenters. The van der Waals surface area contributed by atoms with Crippen molar-refractivity contribution in [2.45, 2.75) is 25.7 Å². The van der Waals surface area contributed by atoms with E-state index in [0.717, 1.165) is 38.8 Å². The fraction of sp³-hybridized carbons (Fsp3) is 0.667. The molecule has 1 aromatic heterocycles. The highest BCUT2D eigenvalue weighted by Gasteiger charge is 2.35. The second-order valence-corrected chi connectivity index (χ2v) is 8.19. The molecule has 0 radical (unpaired) electrons. The molecular formula is C21H28N6O3. The van der Waals surface area contributed by atoms with Crippen LogP contribution in [0.4, 0.5) is 5.82 Å². The van der Waals surface area contributed by atoms with Crippen LogP contribution in [0.3, 0.4) is 0 Å². The number of nitriles is 1. The number of nitrogens with zero attached hydrogens (tertiary/aromatic N) is 6. The smallest absolute Gasteiger partial charge is 0.229 e. The Balaban J connectivity index is 1.37. The van der Waals surface area contributed by atoms with Gasteiger partial charge in [-0.1, -0.05) is 0 Å². The second-order valence-electron chi connectivity index (χ2n) is 8.19. The number of piperidine rings is 1. The van der Waals surface area contributed by atoms with Crippen molar-refractivity contribution in [3.63, 3.8) is 0 Å². The molecule has 0 bridgehead atoms. The molecule has 1 unspecified atom stereocenters. The van der Waals surface area contributed by atoms with Gasteiger partial charge in [-0.3, -0.25) is 9.59 Å². The number of amides is 2. The third kappa shape index (κ3) is 4.38. The monoisotopic (exact) mass is 412 g/mol. The standard InChI is InChI=1S/C21H28N6O3/c22-13-18-19(24-6-5-23-18)27-11-12-30-15-17(14-27)21(29)26-9-3-16(4-10-26)20(28)25-7-1-2-8-25/h5-6,16-17H,1-4,7-12,14-15H2. The summed E-state index contributed by atoms with van der Waals surface area (Å²) in [5.74, 6) is 0.517. The van der Waals surface area contributed by atoms with E-state index in [1.54, 1.807) is 6.20 Å². The van der Waals surface area contributed by atoms with E-state index in [1.165, 1.54) is 6.20 Å². The van der Waals surface area contributed by atoms with Gasteiger partial charge < -0.3 is 19.4 Å². The molecule has 0 aromatic carbocycles. The second kappa shape index (κ2) is 9.39. The number of carbonyl (C=O) groups is 2. The van der Waals surface area contributed by atoms with Crippen molar-refractivity contribution in [3.8, 4) is 6.07 Å². The minimum Gasteiger partial charge on any atom is -0.379 e. The molecule has 4 heterocycles. The Bertz CT molecular complexity index is 811. The number of hydrogen-bond acceptors (Lipinski definition) is 7. The van der Waals surface area contributed by atoms with Crippen molar-refractivity contribution in [1.82, 2.24) is 19.8 Å². The average molecular weight is 412 g/mol. The molecule has 0 saturated carbocycles. The van der Waals surface area contributed by atoms with E-state index in [4.69, 9.17) is 4.74 Å². The molecule has 2 amide bonds. The van der Waals surface area contributed by atoms with Crippen LogP contribution in [0.1, 0.15) is 31.4 Å². The van der Waals surface area contributed by atoms with E-state index < -0.39 is 0 Å². The van der Waals surface area contributed by atoms with Gasteiger partial charge in [0.15, 0.2) is 11.5 Å². The Morgan fingerprint density at radius 3 is 2.37 bits per heavy atom. The summed E-state index contributed by atoms with van der Waals surface area (Å²) in [6, 6.07) is 2.07. The van der Waals surface area contributed by atoms with Crippen molar-refractivity contribution in [3.05, 3.63) is 18.1 Å². The lowest BCUT2D eigenvalue weighted by Gasteiger charge is -2.35. The van der Waals surface area contributed by atoms with Gasteiger partial charge in [-0.2, -0.15) is 5.26 Å². The van der Waals surface area contributed by atoms with Gasteiger partial charge in [-0.05, 0) is 25.7 Å². The van der Waals surface area contributed by atoms with Crippen LogP contribution in [0.25, 0.3) is 0 Å². The maximum atomic E-state index is 13.2. The van der Waals surface area contributed by atoms with Crippen LogP contribution in [-0.2, 0) is 14.3 Å². The number of anilines is 1. The van der Waals surface area contributed by atoms with Crippen molar-refractivity contribution < 1.29 is 14.3 Å². The van der Waals surface area contributed by atoms with Crippen LogP contribution in [0.5, 0.6) is 0 Å². The van der Waals surface area contributed by atoms with E-state index in [9.17, 15) is 14.9 Å². The molecule has 30 heavy (non-hydrogen) atoms.